The molecule has 0 aliphatic carbocycles. The van der Waals surface area contributed by atoms with Gasteiger partial charge in [-0.25, -0.2) is 0 Å². The van der Waals surface area contributed by atoms with E-state index in [1.165, 1.54) is 0 Å². The van der Waals surface area contributed by atoms with Crippen molar-refractivity contribution in [1.29, 1.82) is 0 Å². The number of hydrogen-bond acceptors (Lipinski definition) is 3. The minimum absolute atomic E-state index is 0. The highest BCUT2D eigenvalue weighted by molar-refractivity contribution is 14.0. The van der Waals surface area contributed by atoms with Crippen molar-refractivity contribution in [3.05, 3.63) is 70.8 Å². The minimum atomic E-state index is -0.0800. The topological polar surface area (TPSA) is 85.8 Å². The molecule has 2 amide bonds. The Morgan fingerprint density at radius 2 is 1.81 bits per heavy atom. The second-order valence-electron chi connectivity index (χ2n) is 7.62. The van der Waals surface area contributed by atoms with Gasteiger partial charge in [-0.3, -0.25) is 14.6 Å². The molecule has 2 aromatic carbocycles. The van der Waals surface area contributed by atoms with E-state index in [4.69, 9.17) is 0 Å². The Kier molecular flexibility index (Phi) is 10.5. The lowest BCUT2D eigenvalue weighted by atomic mass is 10.1. The predicted octanol–water partition coefficient (Wildman–Crippen LogP) is 2.69. The van der Waals surface area contributed by atoms with Gasteiger partial charge in [0.05, 0.1) is 0 Å². The van der Waals surface area contributed by atoms with Gasteiger partial charge in [-0.05, 0) is 41.7 Å². The summed E-state index contributed by atoms with van der Waals surface area (Å²) >= 11 is 0. The van der Waals surface area contributed by atoms with E-state index in [0.29, 0.717) is 31.6 Å². The molecule has 0 bridgehead atoms. The normalized spacial score (nSPS) is 13.5. The molecular weight excluding hydrogens is 517 g/mol. The number of rotatable bonds is 8. The highest BCUT2D eigenvalue weighted by atomic mass is 127. The van der Waals surface area contributed by atoms with Gasteiger partial charge in [0.2, 0.25) is 5.91 Å². The molecule has 0 aromatic heterocycles. The van der Waals surface area contributed by atoms with Crippen LogP contribution in [0.3, 0.4) is 0 Å². The first kappa shape index (κ1) is 25.6. The fourth-order valence-corrected chi connectivity index (χ4v) is 3.67. The Bertz CT molecular complexity index is 947. The van der Waals surface area contributed by atoms with Crippen molar-refractivity contribution in [2.75, 3.05) is 27.2 Å². The van der Waals surface area contributed by atoms with Gasteiger partial charge >= 0.3 is 0 Å². The molecule has 0 spiro atoms. The van der Waals surface area contributed by atoms with Crippen LogP contribution in [0.25, 0.3) is 0 Å². The first-order valence-corrected chi connectivity index (χ1v) is 10.7. The van der Waals surface area contributed by atoms with Crippen LogP contribution in [0.4, 0.5) is 0 Å². The summed E-state index contributed by atoms with van der Waals surface area (Å²) in [6.07, 6.45) is 2.41. The number of carbonyl (C=O) groups is 2. The van der Waals surface area contributed by atoms with E-state index < -0.39 is 0 Å². The van der Waals surface area contributed by atoms with Gasteiger partial charge in [-0.1, -0.05) is 36.4 Å². The number of likely N-dealkylation sites (tertiary alicyclic amines) is 1. The van der Waals surface area contributed by atoms with Gasteiger partial charge in [0.15, 0.2) is 5.96 Å². The van der Waals surface area contributed by atoms with Crippen molar-refractivity contribution in [3.8, 4) is 0 Å². The lowest BCUT2D eigenvalue weighted by Crippen LogP contribution is -2.37. The number of guanidine groups is 1. The lowest BCUT2D eigenvalue weighted by molar-refractivity contribution is -0.128. The third-order valence-electron chi connectivity index (χ3n) is 5.34. The zero-order valence-electron chi connectivity index (χ0n) is 18.7. The van der Waals surface area contributed by atoms with Crippen LogP contribution in [0.2, 0.25) is 0 Å². The van der Waals surface area contributed by atoms with E-state index in [0.717, 1.165) is 42.0 Å². The standard InChI is InChI=1S/C24H31N5O2.HI/c1-25-23(31)21-9-4-6-18(15-21)11-12-27-24(26-2)28-16-19-7-3-8-20(14-19)17-29-13-5-10-22(29)30;/h3-4,6-9,14-15H,5,10-13,16-17H2,1-2H3,(H,25,31)(H2,26,27,28);1H. The number of amides is 2. The molecule has 1 saturated heterocycles. The Morgan fingerprint density at radius 3 is 2.53 bits per heavy atom. The first-order valence-electron chi connectivity index (χ1n) is 10.7. The Balaban J connectivity index is 0.00000363. The summed E-state index contributed by atoms with van der Waals surface area (Å²) in [5, 5.41) is 9.30. The van der Waals surface area contributed by atoms with E-state index >= 15 is 0 Å². The monoisotopic (exact) mass is 549 g/mol. The van der Waals surface area contributed by atoms with Crippen molar-refractivity contribution in [2.24, 2.45) is 4.99 Å². The molecule has 3 N–H and O–H groups in total. The van der Waals surface area contributed by atoms with Crippen LogP contribution in [0.5, 0.6) is 0 Å². The average Bonchev–Trinajstić information content (AvgIpc) is 3.20. The summed E-state index contributed by atoms with van der Waals surface area (Å²) in [5.74, 6) is 0.889. The van der Waals surface area contributed by atoms with Gasteiger partial charge in [0.25, 0.3) is 5.91 Å². The molecule has 1 heterocycles. The van der Waals surface area contributed by atoms with Crippen molar-refractivity contribution in [3.63, 3.8) is 0 Å². The van der Waals surface area contributed by atoms with Gasteiger partial charge in [0, 0.05) is 52.3 Å². The van der Waals surface area contributed by atoms with E-state index in [2.05, 4.69) is 39.1 Å². The van der Waals surface area contributed by atoms with Crippen LogP contribution < -0.4 is 16.0 Å². The van der Waals surface area contributed by atoms with E-state index in [1.807, 2.05) is 35.2 Å². The average molecular weight is 549 g/mol. The lowest BCUT2D eigenvalue weighted by Gasteiger charge is -2.16. The van der Waals surface area contributed by atoms with E-state index in [1.54, 1.807) is 14.1 Å². The number of nitrogens with zero attached hydrogens (tertiary/aromatic N) is 2. The number of benzene rings is 2. The van der Waals surface area contributed by atoms with E-state index in [9.17, 15) is 9.59 Å². The summed E-state index contributed by atoms with van der Waals surface area (Å²) in [6.45, 7) is 2.88. The number of halogens is 1. The van der Waals surface area contributed by atoms with E-state index in [-0.39, 0.29) is 35.8 Å². The van der Waals surface area contributed by atoms with Gasteiger partial charge < -0.3 is 20.9 Å². The Hall–Kier alpha value is -2.62. The molecule has 2 aromatic rings. The third kappa shape index (κ3) is 7.51. The zero-order chi connectivity index (χ0) is 22.1. The molecule has 0 saturated carbocycles. The Labute approximate surface area is 207 Å². The van der Waals surface area contributed by atoms with Crippen LogP contribution in [-0.4, -0.2) is 49.9 Å². The molecule has 7 nitrogen and oxygen atoms in total. The summed E-state index contributed by atoms with van der Waals surface area (Å²) in [5.41, 5.74) is 4.05. The van der Waals surface area contributed by atoms with Crippen LogP contribution in [-0.2, 0) is 24.3 Å². The first-order chi connectivity index (χ1) is 15.1. The maximum absolute atomic E-state index is 11.9. The van der Waals surface area contributed by atoms with Gasteiger partial charge in [0.1, 0.15) is 0 Å². The smallest absolute Gasteiger partial charge is 0.251 e. The zero-order valence-corrected chi connectivity index (χ0v) is 21.0. The molecule has 172 valence electrons. The third-order valence-corrected chi connectivity index (χ3v) is 5.34. The summed E-state index contributed by atoms with van der Waals surface area (Å²) in [4.78, 5) is 29.8. The Morgan fingerprint density at radius 1 is 1.06 bits per heavy atom. The fourth-order valence-electron chi connectivity index (χ4n) is 3.67. The number of aliphatic imine (C=N–C) groups is 1. The second-order valence-corrected chi connectivity index (χ2v) is 7.62. The molecule has 8 heteroatoms. The van der Waals surface area contributed by atoms with Crippen molar-refractivity contribution >= 4 is 41.8 Å². The highest BCUT2D eigenvalue weighted by Gasteiger charge is 2.19. The number of carbonyl (C=O) groups excluding carboxylic acids is 2. The van der Waals surface area contributed by atoms with Crippen LogP contribution >= 0.6 is 24.0 Å². The molecule has 1 aliphatic rings. The molecule has 0 unspecified atom stereocenters. The largest absolute Gasteiger partial charge is 0.356 e. The molecule has 1 aliphatic heterocycles. The number of hydrogen-bond donors (Lipinski definition) is 3. The van der Waals surface area contributed by atoms with Crippen molar-refractivity contribution in [1.82, 2.24) is 20.9 Å². The maximum Gasteiger partial charge on any atom is 0.251 e. The maximum atomic E-state index is 11.9. The second kappa shape index (κ2) is 13.0. The molecule has 0 radical (unpaired) electrons. The SMILES string of the molecule is CN=C(NCCc1cccc(C(=O)NC)c1)NCc1cccc(CN2CCCC2=O)c1.I. The summed E-state index contributed by atoms with van der Waals surface area (Å²) in [6, 6.07) is 15.9. The fraction of sp³-hybridized carbons (Fsp3) is 0.375. The van der Waals surface area contributed by atoms with Crippen LogP contribution in [0.15, 0.2) is 53.5 Å². The highest BCUT2D eigenvalue weighted by Crippen LogP contribution is 2.15. The van der Waals surface area contributed by atoms with Crippen LogP contribution in [0, 0.1) is 0 Å². The number of nitrogens with one attached hydrogen (secondary N) is 3. The molecule has 0 atom stereocenters. The summed E-state index contributed by atoms with van der Waals surface area (Å²) in [7, 11) is 3.38. The molecule has 32 heavy (non-hydrogen) atoms. The van der Waals surface area contributed by atoms with Crippen molar-refractivity contribution < 1.29 is 9.59 Å². The van der Waals surface area contributed by atoms with Crippen molar-refractivity contribution in [2.45, 2.75) is 32.4 Å². The van der Waals surface area contributed by atoms with Crippen LogP contribution in [0.1, 0.15) is 39.9 Å². The minimum Gasteiger partial charge on any atom is -0.356 e. The van der Waals surface area contributed by atoms with Gasteiger partial charge in [-0.15, -0.1) is 24.0 Å². The predicted molar refractivity (Wildman–Crippen MR) is 138 cm³/mol. The molecule has 3 rings (SSSR count). The van der Waals surface area contributed by atoms with Gasteiger partial charge in [-0.2, -0.15) is 0 Å². The quantitative estimate of drug-likeness (QED) is 0.269. The molecule has 1 fully saturated rings. The summed E-state index contributed by atoms with van der Waals surface area (Å²) < 4.78 is 0. The molecular formula is C24H32IN5O2.